The lowest BCUT2D eigenvalue weighted by Gasteiger charge is -2.12. The molecule has 0 aliphatic carbocycles. The summed E-state index contributed by atoms with van der Waals surface area (Å²) in [6.07, 6.45) is 7.33. The van der Waals surface area contributed by atoms with Crippen molar-refractivity contribution < 1.29 is 0 Å². The van der Waals surface area contributed by atoms with Gasteiger partial charge in [0.25, 0.3) is 0 Å². The van der Waals surface area contributed by atoms with Gasteiger partial charge in [-0.15, -0.1) is 0 Å². The molecule has 0 radical (unpaired) electrons. The molecule has 3 heterocycles. The number of hydrogen-bond donors (Lipinski definition) is 1. The smallest absolute Gasteiger partial charge is 0.161 e. The van der Waals surface area contributed by atoms with Gasteiger partial charge >= 0.3 is 0 Å². The van der Waals surface area contributed by atoms with Crippen LogP contribution in [0.5, 0.6) is 0 Å². The Kier molecular flexibility index (Phi) is 7.75. The first-order chi connectivity index (χ1) is 12.5. The van der Waals surface area contributed by atoms with E-state index in [1.165, 1.54) is 11.8 Å². The number of imidazole rings is 1. The van der Waals surface area contributed by atoms with E-state index in [2.05, 4.69) is 44.4 Å². The van der Waals surface area contributed by atoms with Crippen molar-refractivity contribution in [2.45, 2.75) is 20.4 Å². The highest BCUT2D eigenvalue weighted by molar-refractivity contribution is 9.10. The molecule has 3 aromatic heterocycles. The number of halogens is 2. The summed E-state index contributed by atoms with van der Waals surface area (Å²) in [5.74, 6) is 0. The zero-order valence-electron chi connectivity index (χ0n) is 14.7. The van der Waals surface area contributed by atoms with Crippen LogP contribution in [0.2, 0.25) is 0 Å². The predicted octanol–water partition coefficient (Wildman–Crippen LogP) is 6.54. The van der Waals surface area contributed by atoms with Crippen LogP contribution in [0.4, 0.5) is 5.69 Å². The minimum atomic E-state index is 0.481. The Morgan fingerprint density at radius 1 is 1.35 bits per heavy atom. The van der Waals surface area contributed by atoms with Crippen molar-refractivity contribution in [1.82, 2.24) is 14.4 Å². The van der Waals surface area contributed by atoms with Gasteiger partial charge in [0.15, 0.2) is 5.65 Å². The molecule has 0 fully saturated rings. The highest BCUT2D eigenvalue weighted by Crippen LogP contribution is 2.35. The van der Waals surface area contributed by atoms with Gasteiger partial charge in [-0.05, 0) is 33.6 Å². The quantitative estimate of drug-likeness (QED) is 0.462. The third-order valence-corrected chi connectivity index (χ3v) is 4.84. The number of nitrogens with zero attached hydrogens (tertiary/aromatic N) is 3. The normalized spacial score (nSPS) is 10.2. The second-order valence-electron chi connectivity index (χ2n) is 5.01. The molecule has 0 amide bonds. The van der Waals surface area contributed by atoms with Crippen LogP contribution in [0.1, 0.15) is 25.0 Å². The molecule has 4 nitrogen and oxygen atoms in total. The Bertz CT molecular complexity index is 909. The number of anilines is 1. The average molecular weight is 452 g/mol. The Hall–Kier alpha value is -1.76. The zero-order chi connectivity index (χ0) is 19.1. The molecule has 0 aliphatic heterocycles. The van der Waals surface area contributed by atoms with E-state index in [0.29, 0.717) is 10.9 Å². The van der Waals surface area contributed by atoms with E-state index in [1.807, 2.05) is 48.8 Å². The number of thioether (sulfide) groups is 1. The maximum atomic E-state index is 5.89. The molecule has 136 valence electrons. The second-order valence-corrected chi connectivity index (χ2v) is 7.69. The molecular weight excluding hydrogens is 432 g/mol. The first kappa shape index (κ1) is 20.6. The summed E-state index contributed by atoms with van der Waals surface area (Å²) in [7, 11) is 0. The third-order valence-electron chi connectivity index (χ3n) is 3.32. The predicted molar refractivity (Wildman–Crippen MR) is 117 cm³/mol. The van der Waals surface area contributed by atoms with Gasteiger partial charge in [-0.25, -0.2) is 4.98 Å². The molecule has 0 saturated carbocycles. The van der Waals surface area contributed by atoms with Crippen molar-refractivity contribution in [1.29, 1.82) is 0 Å². The zero-order valence-corrected chi connectivity index (χ0v) is 17.8. The molecule has 0 aromatic carbocycles. The fourth-order valence-electron chi connectivity index (χ4n) is 2.23. The largest absolute Gasteiger partial charge is 0.378 e. The van der Waals surface area contributed by atoms with Crippen LogP contribution in [0.15, 0.2) is 65.1 Å². The SMILES string of the molecule is C=C(Cl)SC(=C)c1cc(NCc2cccnc2)c2ncc(Br)n2c1.CC. The fourth-order valence-corrected chi connectivity index (χ4v) is 3.38. The van der Waals surface area contributed by atoms with Crippen LogP contribution in [0.3, 0.4) is 0 Å². The summed E-state index contributed by atoms with van der Waals surface area (Å²) in [5, 5.41) is 3.42. The molecule has 0 spiro atoms. The summed E-state index contributed by atoms with van der Waals surface area (Å²) in [5.41, 5.74) is 3.77. The van der Waals surface area contributed by atoms with E-state index >= 15 is 0 Å². The van der Waals surface area contributed by atoms with Crippen molar-refractivity contribution >= 4 is 55.5 Å². The van der Waals surface area contributed by atoms with Gasteiger partial charge in [-0.1, -0.05) is 56.4 Å². The van der Waals surface area contributed by atoms with Crippen LogP contribution in [0.25, 0.3) is 10.6 Å². The Balaban J connectivity index is 0.00000117. The van der Waals surface area contributed by atoms with Crippen molar-refractivity contribution in [3.8, 4) is 0 Å². The van der Waals surface area contributed by atoms with Crippen LogP contribution in [0, 0.1) is 0 Å². The molecule has 0 atom stereocenters. The highest BCUT2D eigenvalue weighted by atomic mass is 79.9. The van der Waals surface area contributed by atoms with Crippen LogP contribution in [-0.2, 0) is 6.54 Å². The van der Waals surface area contributed by atoms with Gasteiger partial charge in [-0.2, -0.15) is 0 Å². The van der Waals surface area contributed by atoms with Gasteiger partial charge < -0.3 is 5.32 Å². The lowest BCUT2D eigenvalue weighted by molar-refractivity contribution is 1.09. The molecule has 0 unspecified atom stereocenters. The molecule has 0 saturated heterocycles. The molecular formula is C19H20BrClN4S. The van der Waals surface area contributed by atoms with E-state index in [-0.39, 0.29) is 0 Å². The average Bonchev–Trinajstić information content (AvgIpc) is 3.03. The third kappa shape index (κ3) is 5.13. The van der Waals surface area contributed by atoms with Crippen LogP contribution < -0.4 is 5.32 Å². The maximum absolute atomic E-state index is 5.89. The van der Waals surface area contributed by atoms with E-state index in [4.69, 9.17) is 11.6 Å². The first-order valence-corrected chi connectivity index (χ1v) is 10.0. The Labute approximate surface area is 171 Å². The maximum Gasteiger partial charge on any atom is 0.161 e. The first-order valence-electron chi connectivity index (χ1n) is 8.05. The molecule has 3 rings (SSSR count). The van der Waals surface area contributed by atoms with Gasteiger partial charge in [0, 0.05) is 35.6 Å². The number of pyridine rings is 2. The summed E-state index contributed by atoms with van der Waals surface area (Å²) < 4.78 is 3.31. The summed E-state index contributed by atoms with van der Waals surface area (Å²) >= 11 is 10.7. The van der Waals surface area contributed by atoms with Crippen molar-refractivity contribution in [2.75, 3.05) is 5.32 Å². The second kappa shape index (κ2) is 9.80. The van der Waals surface area contributed by atoms with E-state index in [1.54, 1.807) is 12.4 Å². The van der Waals surface area contributed by atoms with Crippen molar-refractivity contribution in [2.24, 2.45) is 0 Å². The van der Waals surface area contributed by atoms with E-state index in [0.717, 1.165) is 32.0 Å². The van der Waals surface area contributed by atoms with Crippen LogP contribution >= 0.6 is 39.3 Å². The topological polar surface area (TPSA) is 42.2 Å². The van der Waals surface area contributed by atoms with Crippen molar-refractivity contribution in [3.05, 3.63) is 76.2 Å². The number of rotatable bonds is 6. The lowest BCUT2D eigenvalue weighted by Crippen LogP contribution is -2.03. The summed E-state index contributed by atoms with van der Waals surface area (Å²) in [6, 6.07) is 5.95. The monoisotopic (exact) mass is 450 g/mol. The van der Waals surface area contributed by atoms with Gasteiger partial charge in [0.05, 0.1) is 16.2 Å². The fraction of sp³-hybridized carbons (Fsp3) is 0.158. The number of fused-ring (bicyclic) bond motifs is 1. The van der Waals surface area contributed by atoms with Crippen LogP contribution in [-0.4, -0.2) is 14.4 Å². The lowest BCUT2D eigenvalue weighted by atomic mass is 10.2. The van der Waals surface area contributed by atoms with Gasteiger partial charge in [0.2, 0.25) is 0 Å². The molecule has 0 aliphatic rings. The number of aromatic nitrogens is 3. The summed E-state index contributed by atoms with van der Waals surface area (Å²) in [4.78, 5) is 9.40. The Morgan fingerprint density at radius 3 is 2.77 bits per heavy atom. The highest BCUT2D eigenvalue weighted by Gasteiger charge is 2.11. The molecule has 0 bridgehead atoms. The summed E-state index contributed by atoms with van der Waals surface area (Å²) in [6.45, 7) is 12.4. The van der Waals surface area contributed by atoms with E-state index in [9.17, 15) is 0 Å². The van der Waals surface area contributed by atoms with Gasteiger partial charge in [0.1, 0.15) is 4.60 Å². The standard InChI is InChI=1S/C17H14BrClN4S.C2H6/c1-11(24-12(2)19)14-6-15(17-22-9-16(18)23(17)10-14)21-8-13-4-3-5-20-7-13;1-2/h3-7,9-10,21H,1-2,8H2;1-2H3. The number of hydrogen-bond acceptors (Lipinski definition) is 4. The minimum absolute atomic E-state index is 0.481. The minimum Gasteiger partial charge on any atom is -0.378 e. The molecule has 3 aromatic rings. The van der Waals surface area contributed by atoms with Gasteiger partial charge in [-0.3, -0.25) is 9.38 Å². The number of nitrogens with one attached hydrogen (secondary N) is 1. The van der Waals surface area contributed by atoms with Crippen molar-refractivity contribution in [3.63, 3.8) is 0 Å². The van der Waals surface area contributed by atoms with E-state index < -0.39 is 0 Å². The molecule has 26 heavy (non-hydrogen) atoms. The Morgan fingerprint density at radius 2 is 2.12 bits per heavy atom. The molecule has 1 N–H and O–H groups in total. The molecule has 7 heteroatoms.